The highest BCUT2D eigenvalue weighted by atomic mass is 127. The first-order chi connectivity index (χ1) is 12.5. The minimum atomic E-state index is -1.14. The van der Waals surface area contributed by atoms with Crippen LogP contribution in [0.3, 0.4) is 0 Å². The number of benzene rings is 1. The third-order valence-corrected chi connectivity index (χ3v) is 3.86. The quantitative estimate of drug-likeness (QED) is 0.300. The van der Waals surface area contributed by atoms with Crippen LogP contribution in [0.25, 0.3) is 0 Å². The zero-order valence-corrected chi connectivity index (χ0v) is 18.4. The maximum atomic E-state index is 10.5. The third-order valence-electron chi connectivity index (χ3n) is 3.86. The molecule has 1 aromatic carbocycles. The molecule has 0 fully saturated rings. The number of methoxy groups -OCH3 is 2. The van der Waals surface area contributed by atoms with Crippen LogP contribution in [0.1, 0.15) is 25.2 Å². The lowest BCUT2D eigenvalue weighted by molar-refractivity contribution is 0.0386. The number of nitrogens with one attached hydrogen (secondary N) is 2. The van der Waals surface area contributed by atoms with Gasteiger partial charge in [0.2, 0.25) is 0 Å². The molecule has 0 aliphatic rings. The summed E-state index contributed by atoms with van der Waals surface area (Å²) in [5.41, 5.74) is -0.152. The Balaban J connectivity index is 0.00000364. The second kappa shape index (κ2) is 11.0. The van der Waals surface area contributed by atoms with Gasteiger partial charge in [0.1, 0.15) is 11.4 Å². The summed E-state index contributed by atoms with van der Waals surface area (Å²) in [5.74, 6) is 2.45. The first-order valence-corrected chi connectivity index (χ1v) is 8.49. The Bertz CT molecular complexity index is 718. The van der Waals surface area contributed by atoms with Crippen LogP contribution >= 0.6 is 24.0 Å². The van der Waals surface area contributed by atoms with E-state index in [0.717, 1.165) is 5.56 Å². The highest BCUT2D eigenvalue weighted by molar-refractivity contribution is 14.0. The summed E-state index contributed by atoms with van der Waals surface area (Å²) in [4.78, 5) is 4.56. The van der Waals surface area contributed by atoms with E-state index in [0.29, 0.717) is 36.3 Å². The standard InChI is InChI=1S/C19H27N3O4.HI/c1-5-20-18(22-13-19(2,23)17-7-6-10-26-17)21-12-14-8-9-15(24-3)16(11-14)25-4;/h6-11,23H,5,12-13H2,1-4H3,(H2,20,21,22);1H. The highest BCUT2D eigenvalue weighted by Crippen LogP contribution is 2.27. The number of rotatable bonds is 8. The van der Waals surface area contributed by atoms with Crippen molar-refractivity contribution in [2.45, 2.75) is 26.0 Å². The van der Waals surface area contributed by atoms with Gasteiger partial charge in [0.25, 0.3) is 0 Å². The SMILES string of the molecule is CCNC(=NCc1ccc(OC)c(OC)c1)NCC(C)(O)c1ccco1.I. The fourth-order valence-electron chi connectivity index (χ4n) is 2.42. The predicted octanol–water partition coefficient (Wildman–Crippen LogP) is 2.88. The van der Waals surface area contributed by atoms with Crippen LogP contribution in [0.15, 0.2) is 46.0 Å². The largest absolute Gasteiger partial charge is 0.493 e. The number of furan rings is 1. The van der Waals surface area contributed by atoms with E-state index in [9.17, 15) is 5.11 Å². The number of hydrogen-bond acceptors (Lipinski definition) is 5. The number of aliphatic hydroxyl groups is 1. The lowest BCUT2D eigenvalue weighted by Gasteiger charge is -2.22. The van der Waals surface area contributed by atoms with E-state index in [1.807, 2.05) is 25.1 Å². The molecule has 3 N–H and O–H groups in total. The molecule has 7 nitrogen and oxygen atoms in total. The van der Waals surface area contributed by atoms with E-state index in [1.165, 1.54) is 0 Å². The molecule has 2 rings (SSSR count). The second-order valence-corrected chi connectivity index (χ2v) is 5.99. The van der Waals surface area contributed by atoms with Gasteiger partial charge in [0, 0.05) is 6.54 Å². The topological polar surface area (TPSA) is 88.3 Å². The molecule has 2 aromatic rings. The van der Waals surface area contributed by atoms with Gasteiger partial charge in [-0.25, -0.2) is 4.99 Å². The predicted molar refractivity (Wildman–Crippen MR) is 116 cm³/mol. The van der Waals surface area contributed by atoms with Gasteiger partial charge in [-0.3, -0.25) is 0 Å². The van der Waals surface area contributed by atoms with Gasteiger partial charge in [0.05, 0.1) is 33.6 Å². The van der Waals surface area contributed by atoms with Gasteiger partial charge in [-0.05, 0) is 43.7 Å². The lowest BCUT2D eigenvalue weighted by Crippen LogP contribution is -2.44. The van der Waals surface area contributed by atoms with Crippen LogP contribution in [0.5, 0.6) is 11.5 Å². The maximum absolute atomic E-state index is 10.5. The Hall–Kier alpha value is -1.94. The van der Waals surface area contributed by atoms with Crippen LogP contribution in [0.2, 0.25) is 0 Å². The van der Waals surface area contributed by atoms with E-state index in [-0.39, 0.29) is 30.5 Å². The van der Waals surface area contributed by atoms with Gasteiger partial charge in [-0.15, -0.1) is 24.0 Å². The number of nitrogens with zero attached hydrogens (tertiary/aromatic N) is 1. The van der Waals surface area contributed by atoms with Crippen LogP contribution in [0.4, 0.5) is 0 Å². The molecular formula is C19H28IN3O4. The molecule has 0 saturated heterocycles. The number of hydrogen-bond donors (Lipinski definition) is 3. The summed E-state index contributed by atoms with van der Waals surface area (Å²) in [6.07, 6.45) is 1.54. The van der Waals surface area contributed by atoms with Crippen molar-refractivity contribution >= 4 is 29.9 Å². The Labute approximate surface area is 177 Å². The van der Waals surface area contributed by atoms with Crippen LogP contribution in [0, 0.1) is 0 Å². The molecule has 1 atom stereocenters. The van der Waals surface area contributed by atoms with Crippen molar-refractivity contribution in [3.05, 3.63) is 47.9 Å². The van der Waals surface area contributed by atoms with Crippen LogP contribution < -0.4 is 20.1 Å². The Morgan fingerprint density at radius 1 is 1.19 bits per heavy atom. The molecular weight excluding hydrogens is 461 g/mol. The monoisotopic (exact) mass is 489 g/mol. The molecule has 1 unspecified atom stereocenters. The van der Waals surface area contributed by atoms with Gasteiger partial charge in [-0.1, -0.05) is 6.07 Å². The molecule has 0 saturated carbocycles. The van der Waals surface area contributed by atoms with E-state index >= 15 is 0 Å². The van der Waals surface area contributed by atoms with Gasteiger partial charge in [-0.2, -0.15) is 0 Å². The molecule has 0 aliphatic carbocycles. The molecule has 1 aromatic heterocycles. The van der Waals surface area contributed by atoms with Crippen molar-refractivity contribution in [1.29, 1.82) is 0 Å². The van der Waals surface area contributed by atoms with Crippen molar-refractivity contribution in [3.8, 4) is 11.5 Å². The Morgan fingerprint density at radius 2 is 1.93 bits per heavy atom. The Morgan fingerprint density at radius 3 is 2.52 bits per heavy atom. The minimum absolute atomic E-state index is 0. The summed E-state index contributed by atoms with van der Waals surface area (Å²) < 4.78 is 15.9. The molecule has 0 amide bonds. The molecule has 0 radical (unpaired) electrons. The fourth-order valence-corrected chi connectivity index (χ4v) is 2.42. The van der Waals surface area contributed by atoms with Crippen molar-refractivity contribution in [3.63, 3.8) is 0 Å². The first-order valence-electron chi connectivity index (χ1n) is 8.49. The Kier molecular flexibility index (Phi) is 9.44. The summed E-state index contributed by atoms with van der Waals surface area (Å²) in [6.45, 7) is 5.10. The van der Waals surface area contributed by atoms with E-state index < -0.39 is 5.60 Å². The fraction of sp³-hybridized carbons (Fsp3) is 0.421. The normalized spacial score (nSPS) is 13.3. The molecule has 0 spiro atoms. The second-order valence-electron chi connectivity index (χ2n) is 5.99. The molecule has 8 heteroatoms. The molecule has 1 heterocycles. The van der Waals surface area contributed by atoms with E-state index in [1.54, 1.807) is 39.5 Å². The molecule has 0 aliphatic heterocycles. The van der Waals surface area contributed by atoms with Gasteiger partial charge in [0.15, 0.2) is 17.5 Å². The smallest absolute Gasteiger partial charge is 0.191 e. The number of aliphatic imine (C=N–C) groups is 1. The number of ether oxygens (including phenoxy) is 2. The van der Waals surface area contributed by atoms with E-state index in [2.05, 4.69) is 15.6 Å². The van der Waals surface area contributed by atoms with Gasteiger partial charge < -0.3 is 29.6 Å². The van der Waals surface area contributed by atoms with Crippen LogP contribution in [-0.2, 0) is 12.1 Å². The average molecular weight is 489 g/mol. The number of halogens is 1. The summed E-state index contributed by atoms with van der Waals surface area (Å²) in [5, 5.41) is 16.8. The van der Waals surface area contributed by atoms with E-state index in [4.69, 9.17) is 13.9 Å². The van der Waals surface area contributed by atoms with Crippen molar-refractivity contribution in [2.24, 2.45) is 4.99 Å². The third kappa shape index (κ3) is 6.62. The van der Waals surface area contributed by atoms with Crippen LogP contribution in [-0.4, -0.2) is 38.4 Å². The average Bonchev–Trinajstić information content (AvgIpc) is 3.19. The molecule has 150 valence electrons. The summed E-state index contributed by atoms with van der Waals surface area (Å²) >= 11 is 0. The minimum Gasteiger partial charge on any atom is -0.493 e. The van der Waals surface area contributed by atoms with Crippen molar-refractivity contribution < 1.29 is 19.0 Å². The van der Waals surface area contributed by atoms with Crippen molar-refractivity contribution in [1.82, 2.24) is 10.6 Å². The number of guanidine groups is 1. The maximum Gasteiger partial charge on any atom is 0.191 e. The first kappa shape index (κ1) is 23.1. The van der Waals surface area contributed by atoms with Crippen molar-refractivity contribution in [2.75, 3.05) is 27.3 Å². The highest BCUT2D eigenvalue weighted by Gasteiger charge is 2.26. The molecule has 27 heavy (non-hydrogen) atoms. The lowest BCUT2D eigenvalue weighted by atomic mass is 10.0. The van der Waals surface area contributed by atoms with Gasteiger partial charge >= 0.3 is 0 Å². The zero-order chi connectivity index (χ0) is 19.0. The zero-order valence-electron chi connectivity index (χ0n) is 16.1. The summed E-state index contributed by atoms with van der Waals surface area (Å²) in [7, 11) is 3.21. The summed E-state index contributed by atoms with van der Waals surface area (Å²) in [6, 6.07) is 9.18. The molecule has 0 bridgehead atoms.